The highest BCUT2D eigenvalue weighted by atomic mass is 32.1. The summed E-state index contributed by atoms with van der Waals surface area (Å²) in [5, 5.41) is 11.7. The average Bonchev–Trinajstić information content (AvgIpc) is 3.03. The standard InChI is InChI=1S/C19H31N3O2S/c1-20-5-3-6-21(8-7-20)12-16-10-17(15-23)14-22(13-16)19(24)11-18-4-2-9-25-18/h2,4,9,16-17,23H,3,5-8,10-15H2,1H3/t16-,17+/m1/s1. The van der Waals surface area contributed by atoms with Crippen molar-refractivity contribution in [1.29, 1.82) is 0 Å². The molecule has 5 nitrogen and oxygen atoms in total. The van der Waals surface area contributed by atoms with Crippen LogP contribution in [0.2, 0.25) is 0 Å². The number of carbonyl (C=O) groups excluding carboxylic acids is 1. The molecule has 1 aromatic rings. The average molecular weight is 366 g/mol. The Morgan fingerprint density at radius 2 is 2.08 bits per heavy atom. The van der Waals surface area contributed by atoms with Crippen LogP contribution in [-0.4, -0.2) is 85.2 Å². The molecule has 2 atom stereocenters. The van der Waals surface area contributed by atoms with Gasteiger partial charge >= 0.3 is 0 Å². The molecule has 140 valence electrons. The third kappa shape index (κ3) is 5.51. The Balaban J connectivity index is 1.57. The minimum atomic E-state index is 0.183. The number of hydrogen-bond acceptors (Lipinski definition) is 5. The minimum Gasteiger partial charge on any atom is -0.396 e. The zero-order chi connectivity index (χ0) is 17.6. The Morgan fingerprint density at radius 3 is 2.84 bits per heavy atom. The molecule has 2 aliphatic rings. The number of likely N-dealkylation sites (tertiary alicyclic amines) is 1. The van der Waals surface area contributed by atoms with Crippen LogP contribution in [0.4, 0.5) is 0 Å². The second-order valence-electron chi connectivity index (χ2n) is 7.66. The highest BCUT2D eigenvalue weighted by Crippen LogP contribution is 2.24. The summed E-state index contributed by atoms with van der Waals surface area (Å²) in [6, 6.07) is 4.03. The molecule has 2 fully saturated rings. The number of hydrogen-bond donors (Lipinski definition) is 1. The number of thiophene rings is 1. The van der Waals surface area contributed by atoms with Crippen molar-refractivity contribution in [3.8, 4) is 0 Å². The zero-order valence-electron chi connectivity index (χ0n) is 15.3. The number of rotatable bonds is 5. The molecule has 3 rings (SSSR count). The Bertz CT molecular complexity index is 537. The molecule has 1 amide bonds. The Hall–Kier alpha value is -0.950. The first kappa shape index (κ1) is 18.8. The number of likely N-dealkylation sites (N-methyl/N-ethyl adjacent to an activating group) is 1. The van der Waals surface area contributed by atoms with E-state index in [4.69, 9.17) is 0 Å². The molecule has 0 aliphatic carbocycles. The fourth-order valence-electron chi connectivity index (χ4n) is 4.11. The zero-order valence-corrected chi connectivity index (χ0v) is 16.1. The molecule has 6 heteroatoms. The lowest BCUT2D eigenvalue weighted by Crippen LogP contribution is -2.48. The fourth-order valence-corrected chi connectivity index (χ4v) is 4.80. The van der Waals surface area contributed by atoms with Gasteiger partial charge in [-0.15, -0.1) is 11.3 Å². The van der Waals surface area contributed by atoms with Gasteiger partial charge in [0.2, 0.25) is 5.91 Å². The summed E-state index contributed by atoms with van der Waals surface area (Å²) in [6.07, 6.45) is 2.75. The fraction of sp³-hybridized carbons (Fsp3) is 0.737. The van der Waals surface area contributed by atoms with Crippen molar-refractivity contribution in [3.63, 3.8) is 0 Å². The molecule has 0 spiro atoms. The van der Waals surface area contributed by atoms with Gasteiger partial charge in [0.1, 0.15) is 0 Å². The molecule has 1 aromatic heterocycles. The van der Waals surface area contributed by atoms with Crippen LogP contribution in [0, 0.1) is 11.8 Å². The van der Waals surface area contributed by atoms with Crippen LogP contribution in [-0.2, 0) is 11.2 Å². The lowest BCUT2D eigenvalue weighted by Gasteiger charge is -2.39. The predicted molar refractivity (Wildman–Crippen MR) is 102 cm³/mol. The SMILES string of the molecule is CN1CCCN(C[C@H]2C[C@H](CO)CN(C(=O)Cc3cccs3)C2)CC1. The van der Waals surface area contributed by atoms with Gasteiger partial charge in [-0.1, -0.05) is 6.07 Å². The molecule has 3 heterocycles. The molecule has 0 bridgehead atoms. The number of aliphatic hydroxyl groups is 1. The molecular weight excluding hydrogens is 334 g/mol. The van der Waals surface area contributed by atoms with E-state index in [0.29, 0.717) is 18.9 Å². The first-order valence-corrected chi connectivity index (χ1v) is 10.3. The van der Waals surface area contributed by atoms with Gasteiger partial charge in [0.25, 0.3) is 0 Å². The molecule has 1 N–H and O–H groups in total. The van der Waals surface area contributed by atoms with Crippen molar-refractivity contribution in [2.45, 2.75) is 19.3 Å². The van der Waals surface area contributed by atoms with Crippen LogP contribution in [0.25, 0.3) is 0 Å². The number of nitrogens with zero attached hydrogens (tertiary/aromatic N) is 3. The molecule has 0 radical (unpaired) electrons. The van der Waals surface area contributed by atoms with E-state index < -0.39 is 0 Å². The van der Waals surface area contributed by atoms with Crippen molar-refractivity contribution < 1.29 is 9.90 Å². The molecule has 0 aromatic carbocycles. The van der Waals surface area contributed by atoms with E-state index in [1.165, 1.54) is 13.0 Å². The number of carbonyl (C=O) groups is 1. The van der Waals surface area contributed by atoms with Gasteiger partial charge in [-0.3, -0.25) is 4.79 Å². The highest BCUT2D eigenvalue weighted by Gasteiger charge is 2.31. The van der Waals surface area contributed by atoms with Crippen molar-refractivity contribution in [2.75, 3.05) is 59.5 Å². The van der Waals surface area contributed by atoms with E-state index in [1.54, 1.807) is 11.3 Å². The Kier molecular flexibility index (Phi) is 6.87. The number of amides is 1. The first-order valence-electron chi connectivity index (χ1n) is 9.46. The maximum absolute atomic E-state index is 12.7. The largest absolute Gasteiger partial charge is 0.396 e. The van der Waals surface area contributed by atoms with Crippen molar-refractivity contribution >= 4 is 17.2 Å². The normalized spacial score (nSPS) is 26.6. The van der Waals surface area contributed by atoms with Crippen LogP contribution in [0.3, 0.4) is 0 Å². The van der Waals surface area contributed by atoms with Gasteiger partial charge < -0.3 is 19.8 Å². The van der Waals surface area contributed by atoms with Crippen LogP contribution >= 0.6 is 11.3 Å². The summed E-state index contributed by atoms with van der Waals surface area (Å²) in [7, 11) is 2.19. The summed E-state index contributed by atoms with van der Waals surface area (Å²) in [5.41, 5.74) is 0. The topological polar surface area (TPSA) is 47.0 Å². The van der Waals surface area contributed by atoms with E-state index in [-0.39, 0.29) is 18.4 Å². The van der Waals surface area contributed by atoms with Crippen molar-refractivity contribution in [2.24, 2.45) is 11.8 Å². The number of piperidine rings is 1. The van der Waals surface area contributed by atoms with Crippen molar-refractivity contribution in [1.82, 2.24) is 14.7 Å². The van der Waals surface area contributed by atoms with E-state index in [1.807, 2.05) is 22.4 Å². The van der Waals surface area contributed by atoms with E-state index in [0.717, 1.165) is 44.0 Å². The van der Waals surface area contributed by atoms with E-state index in [2.05, 4.69) is 16.8 Å². The van der Waals surface area contributed by atoms with Crippen LogP contribution in [0.5, 0.6) is 0 Å². The van der Waals surface area contributed by atoms with Gasteiger partial charge in [0.15, 0.2) is 0 Å². The number of aliphatic hydroxyl groups excluding tert-OH is 1. The summed E-state index contributed by atoms with van der Waals surface area (Å²) in [5.74, 6) is 0.906. The van der Waals surface area contributed by atoms with Gasteiger partial charge in [-0.25, -0.2) is 0 Å². The summed E-state index contributed by atoms with van der Waals surface area (Å²) < 4.78 is 0. The maximum Gasteiger partial charge on any atom is 0.227 e. The summed E-state index contributed by atoms with van der Waals surface area (Å²) >= 11 is 1.64. The molecule has 2 aliphatic heterocycles. The summed E-state index contributed by atoms with van der Waals surface area (Å²) in [6.45, 7) is 7.33. The molecule has 0 saturated carbocycles. The summed E-state index contributed by atoms with van der Waals surface area (Å²) in [4.78, 5) is 20.8. The molecule has 0 unspecified atom stereocenters. The minimum absolute atomic E-state index is 0.183. The second kappa shape index (κ2) is 9.12. The Morgan fingerprint density at radius 1 is 1.24 bits per heavy atom. The maximum atomic E-state index is 12.7. The third-order valence-electron chi connectivity index (χ3n) is 5.47. The third-order valence-corrected chi connectivity index (χ3v) is 6.35. The smallest absolute Gasteiger partial charge is 0.227 e. The molecule has 25 heavy (non-hydrogen) atoms. The van der Waals surface area contributed by atoms with E-state index >= 15 is 0 Å². The van der Waals surface area contributed by atoms with Crippen LogP contribution in [0.1, 0.15) is 17.7 Å². The quantitative estimate of drug-likeness (QED) is 0.857. The van der Waals surface area contributed by atoms with Crippen molar-refractivity contribution in [3.05, 3.63) is 22.4 Å². The lowest BCUT2D eigenvalue weighted by atomic mass is 9.89. The lowest BCUT2D eigenvalue weighted by molar-refractivity contribution is -0.134. The predicted octanol–water partition coefficient (Wildman–Crippen LogP) is 1.39. The second-order valence-corrected chi connectivity index (χ2v) is 8.69. The molecular formula is C19H31N3O2S. The van der Waals surface area contributed by atoms with Crippen LogP contribution in [0.15, 0.2) is 17.5 Å². The van der Waals surface area contributed by atoms with Gasteiger partial charge in [0.05, 0.1) is 6.42 Å². The van der Waals surface area contributed by atoms with E-state index in [9.17, 15) is 9.90 Å². The Labute approximate surface area is 155 Å². The first-order chi connectivity index (χ1) is 12.1. The van der Waals surface area contributed by atoms with Gasteiger partial charge in [-0.05, 0) is 56.3 Å². The highest BCUT2D eigenvalue weighted by molar-refractivity contribution is 7.10. The van der Waals surface area contributed by atoms with Gasteiger partial charge in [-0.2, -0.15) is 0 Å². The monoisotopic (exact) mass is 365 g/mol. The molecule has 2 saturated heterocycles. The van der Waals surface area contributed by atoms with Crippen LogP contribution < -0.4 is 0 Å². The van der Waals surface area contributed by atoms with Gasteiger partial charge in [0, 0.05) is 44.2 Å².